The van der Waals surface area contributed by atoms with Crippen molar-refractivity contribution in [1.29, 1.82) is 0 Å². The van der Waals surface area contributed by atoms with Gasteiger partial charge in [-0.1, -0.05) is 12.7 Å². The summed E-state index contributed by atoms with van der Waals surface area (Å²) in [6.45, 7) is 8.86. The van der Waals surface area contributed by atoms with Gasteiger partial charge in [-0.2, -0.15) is 0 Å². The van der Waals surface area contributed by atoms with E-state index in [4.69, 9.17) is 4.74 Å². The van der Waals surface area contributed by atoms with E-state index < -0.39 is 0 Å². The normalized spacial score (nSPS) is 14.6. The molecule has 1 saturated heterocycles. The Kier molecular flexibility index (Phi) is 4.39. The number of rotatable bonds is 3. The van der Waals surface area contributed by atoms with Crippen molar-refractivity contribution in [1.82, 2.24) is 9.97 Å². The van der Waals surface area contributed by atoms with Crippen molar-refractivity contribution in [2.45, 2.75) is 6.92 Å². The lowest BCUT2D eigenvalue weighted by Crippen LogP contribution is -2.36. The van der Waals surface area contributed by atoms with Crippen molar-refractivity contribution >= 4 is 22.7 Å². The highest BCUT2D eigenvalue weighted by molar-refractivity contribution is 5.94. The molecule has 0 unspecified atom stereocenters. The molecule has 5 heteroatoms. The fraction of sp³-hybridized carbons (Fsp3) is 0.238. The van der Waals surface area contributed by atoms with E-state index in [2.05, 4.69) is 21.4 Å². The van der Waals surface area contributed by atoms with Crippen LogP contribution in [0, 0.1) is 12.7 Å². The molecule has 2 heterocycles. The lowest BCUT2D eigenvalue weighted by Gasteiger charge is -2.29. The highest BCUT2D eigenvalue weighted by Crippen LogP contribution is 2.31. The number of fused-ring (bicyclic) bond motifs is 1. The summed E-state index contributed by atoms with van der Waals surface area (Å²) in [6, 6.07) is 9.38. The van der Waals surface area contributed by atoms with Crippen molar-refractivity contribution in [2.75, 3.05) is 31.2 Å². The third kappa shape index (κ3) is 2.95. The molecular formula is C21H20FN3O. The van der Waals surface area contributed by atoms with E-state index in [1.54, 1.807) is 12.1 Å². The van der Waals surface area contributed by atoms with E-state index in [0.717, 1.165) is 54.0 Å². The molecule has 1 aromatic heterocycles. The Morgan fingerprint density at radius 2 is 1.96 bits per heavy atom. The summed E-state index contributed by atoms with van der Waals surface area (Å²) in [7, 11) is 0. The molecular weight excluding hydrogens is 329 g/mol. The average molecular weight is 349 g/mol. The summed E-state index contributed by atoms with van der Waals surface area (Å²) in [5.41, 5.74) is 4.73. The first kappa shape index (κ1) is 16.7. The Bertz CT molecular complexity index is 980. The van der Waals surface area contributed by atoms with E-state index in [9.17, 15) is 4.39 Å². The maximum absolute atomic E-state index is 14.6. The van der Waals surface area contributed by atoms with Crippen molar-refractivity contribution < 1.29 is 9.13 Å². The zero-order valence-corrected chi connectivity index (χ0v) is 14.7. The molecule has 4 rings (SSSR count). The fourth-order valence-corrected chi connectivity index (χ4v) is 3.37. The summed E-state index contributed by atoms with van der Waals surface area (Å²) in [5.74, 6) is -0.287. The summed E-state index contributed by atoms with van der Waals surface area (Å²) in [6.07, 6.45) is 3.23. The van der Waals surface area contributed by atoms with Gasteiger partial charge in [0.2, 0.25) is 0 Å². The number of aromatic nitrogens is 2. The van der Waals surface area contributed by atoms with Crippen LogP contribution in [0.1, 0.15) is 11.1 Å². The van der Waals surface area contributed by atoms with Gasteiger partial charge >= 0.3 is 0 Å². The van der Waals surface area contributed by atoms with Crippen LogP contribution in [-0.2, 0) is 4.74 Å². The van der Waals surface area contributed by atoms with Crippen LogP contribution in [-0.4, -0.2) is 36.3 Å². The first-order chi connectivity index (χ1) is 12.7. The summed E-state index contributed by atoms with van der Waals surface area (Å²) >= 11 is 0. The van der Waals surface area contributed by atoms with Crippen molar-refractivity contribution in [3.05, 3.63) is 60.2 Å². The van der Waals surface area contributed by atoms with Gasteiger partial charge in [0.25, 0.3) is 0 Å². The highest BCUT2D eigenvalue weighted by Gasteiger charge is 2.16. The van der Waals surface area contributed by atoms with Gasteiger partial charge in [0.15, 0.2) is 0 Å². The molecule has 1 fully saturated rings. The van der Waals surface area contributed by atoms with E-state index in [0.29, 0.717) is 11.3 Å². The second-order valence-electron chi connectivity index (χ2n) is 6.42. The number of morpholine rings is 1. The van der Waals surface area contributed by atoms with Crippen LogP contribution < -0.4 is 4.90 Å². The molecule has 2 aromatic carbocycles. The van der Waals surface area contributed by atoms with Gasteiger partial charge < -0.3 is 9.64 Å². The maximum atomic E-state index is 14.6. The molecule has 26 heavy (non-hydrogen) atoms. The number of anilines is 1. The van der Waals surface area contributed by atoms with E-state index in [1.165, 1.54) is 12.4 Å². The Hall–Kier alpha value is -2.79. The zero-order chi connectivity index (χ0) is 18.1. The van der Waals surface area contributed by atoms with Gasteiger partial charge in [0.1, 0.15) is 12.1 Å². The van der Waals surface area contributed by atoms with Gasteiger partial charge in [-0.15, -0.1) is 0 Å². The minimum atomic E-state index is -0.287. The van der Waals surface area contributed by atoms with E-state index >= 15 is 0 Å². The fourth-order valence-electron chi connectivity index (χ4n) is 3.37. The quantitative estimate of drug-likeness (QED) is 0.709. The number of benzene rings is 2. The Morgan fingerprint density at radius 3 is 2.73 bits per heavy atom. The van der Waals surface area contributed by atoms with Gasteiger partial charge in [-0.25, -0.2) is 14.4 Å². The van der Waals surface area contributed by atoms with Crippen molar-refractivity contribution in [3.63, 3.8) is 0 Å². The van der Waals surface area contributed by atoms with Gasteiger partial charge in [-0.3, -0.25) is 0 Å². The van der Waals surface area contributed by atoms with E-state index in [1.807, 2.05) is 25.1 Å². The molecule has 4 nitrogen and oxygen atoms in total. The number of nitrogens with zero attached hydrogens (tertiary/aromatic N) is 3. The minimum absolute atomic E-state index is 0.287. The summed E-state index contributed by atoms with van der Waals surface area (Å²) in [5, 5.41) is 0.835. The molecule has 1 aliphatic heterocycles. The summed E-state index contributed by atoms with van der Waals surface area (Å²) < 4.78 is 20.0. The molecule has 0 amide bonds. The van der Waals surface area contributed by atoms with Crippen molar-refractivity contribution in [3.8, 4) is 11.3 Å². The van der Waals surface area contributed by atoms with Crippen LogP contribution in [0.3, 0.4) is 0 Å². The standard InChI is InChI=1S/C21H20FN3O/c1-3-15-11-18(19(22)10-14(15)2)21-17-5-4-16(12-20(17)23-13-24-21)25-6-8-26-9-7-25/h3-5,10-13H,1,6-9H2,2H3. The molecule has 1 aliphatic rings. The second-order valence-corrected chi connectivity index (χ2v) is 6.42. The topological polar surface area (TPSA) is 38.2 Å². The number of aryl methyl sites for hydroxylation is 1. The van der Waals surface area contributed by atoms with E-state index in [-0.39, 0.29) is 5.82 Å². The first-order valence-electron chi connectivity index (χ1n) is 8.68. The lowest BCUT2D eigenvalue weighted by molar-refractivity contribution is 0.122. The van der Waals surface area contributed by atoms with Crippen LogP contribution in [0.2, 0.25) is 0 Å². The SMILES string of the molecule is C=Cc1cc(-c2ncnc3cc(N4CCOCC4)ccc23)c(F)cc1C. The maximum Gasteiger partial charge on any atom is 0.132 e. The molecule has 0 saturated carbocycles. The minimum Gasteiger partial charge on any atom is -0.378 e. The number of halogens is 1. The smallest absolute Gasteiger partial charge is 0.132 e. The molecule has 0 radical (unpaired) electrons. The molecule has 0 bridgehead atoms. The molecule has 0 spiro atoms. The molecule has 132 valence electrons. The van der Waals surface area contributed by atoms with Crippen molar-refractivity contribution in [2.24, 2.45) is 0 Å². The zero-order valence-electron chi connectivity index (χ0n) is 14.7. The van der Waals surface area contributed by atoms with Crippen LogP contribution in [0.15, 0.2) is 43.2 Å². The second kappa shape index (κ2) is 6.84. The number of hydrogen-bond acceptors (Lipinski definition) is 4. The molecule has 0 atom stereocenters. The van der Waals surface area contributed by atoms with Crippen LogP contribution in [0.25, 0.3) is 28.2 Å². The van der Waals surface area contributed by atoms with Gasteiger partial charge in [0, 0.05) is 29.7 Å². The van der Waals surface area contributed by atoms with Crippen LogP contribution in [0.5, 0.6) is 0 Å². The molecule has 0 N–H and O–H groups in total. The van der Waals surface area contributed by atoms with Gasteiger partial charge in [0.05, 0.1) is 24.4 Å². The van der Waals surface area contributed by atoms with Crippen LogP contribution >= 0.6 is 0 Å². The third-order valence-electron chi connectivity index (χ3n) is 4.83. The monoisotopic (exact) mass is 349 g/mol. The van der Waals surface area contributed by atoms with Gasteiger partial charge in [-0.05, 0) is 48.4 Å². The number of hydrogen-bond donors (Lipinski definition) is 0. The Labute approximate surface area is 152 Å². The largest absolute Gasteiger partial charge is 0.378 e. The first-order valence-corrected chi connectivity index (χ1v) is 8.68. The highest BCUT2D eigenvalue weighted by atomic mass is 19.1. The third-order valence-corrected chi connectivity index (χ3v) is 4.83. The Balaban J connectivity index is 1.83. The predicted octanol–water partition coefficient (Wildman–Crippen LogP) is 4.22. The number of ether oxygens (including phenoxy) is 1. The lowest BCUT2D eigenvalue weighted by atomic mass is 9.99. The molecule has 0 aliphatic carbocycles. The summed E-state index contributed by atoms with van der Waals surface area (Å²) in [4.78, 5) is 11.0. The van der Waals surface area contributed by atoms with Crippen LogP contribution in [0.4, 0.5) is 10.1 Å². The Morgan fingerprint density at radius 1 is 1.15 bits per heavy atom. The molecule has 3 aromatic rings. The predicted molar refractivity (Wildman–Crippen MR) is 103 cm³/mol. The average Bonchev–Trinajstić information content (AvgIpc) is 2.68.